The monoisotopic (exact) mass is 367 g/mol. The van der Waals surface area contributed by atoms with Crippen LogP contribution in [0.25, 0.3) is 11.3 Å². The average molecular weight is 367 g/mol. The number of hydrogen-bond acceptors (Lipinski definition) is 7. The molecule has 0 saturated carbocycles. The van der Waals surface area contributed by atoms with Gasteiger partial charge in [0.15, 0.2) is 17.3 Å². The van der Waals surface area contributed by atoms with Crippen molar-refractivity contribution < 1.29 is 28.3 Å². The third-order valence-electron chi connectivity index (χ3n) is 3.97. The van der Waals surface area contributed by atoms with Crippen LogP contribution in [-0.4, -0.2) is 24.5 Å². The summed E-state index contributed by atoms with van der Waals surface area (Å²) in [5.41, 5.74) is 1.76. The van der Waals surface area contributed by atoms with Gasteiger partial charge in [-0.25, -0.2) is 4.79 Å². The maximum absolute atomic E-state index is 12.1. The van der Waals surface area contributed by atoms with E-state index >= 15 is 0 Å². The van der Waals surface area contributed by atoms with Crippen molar-refractivity contribution in [1.82, 2.24) is 5.16 Å². The smallest absolute Gasteiger partial charge is 0.338 e. The topological polar surface area (TPSA) is 80.0 Å². The van der Waals surface area contributed by atoms with E-state index in [1.807, 2.05) is 25.1 Å². The van der Waals surface area contributed by atoms with Crippen molar-refractivity contribution in [2.75, 3.05) is 13.4 Å². The summed E-state index contributed by atoms with van der Waals surface area (Å²) in [6, 6.07) is 14.0. The minimum Gasteiger partial charge on any atom is -0.494 e. The van der Waals surface area contributed by atoms with Gasteiger partial charge in [0.2, 0.25) is 6.79 Å². The van der Waals surface area contributed by atoms with E-state index in [1.165, 1.54) is 0 Å². The Hall–Kier alpha value is -3.48. The molecule has 2 heterocycles. The second kappa shape index (κ2) is 7.41. The number of benzene rings is 2. The molecule has 0 N–H and O–H groups in total. The number of esters is 1. The van der Waals surface area contributed by atoms with E-state index in [1.54, 1.807) is 30.3 Å². The van der Waals surface area contributed by atoms with Crippen LogP contribution in [0, 0.1) is 0 Å². The third kappa shape index (κ3) is 3.72. The lowest BCUT2D eigenvalue weighted by Gasteiger charge is -2.05. The Bertz CT molecular complexity index is 947. The molecule has 0 aliphatic carbocycles. The molecule has 0 saturated heterocycles. The van der Waals surface area contributed by atoms with Crippen LogP contribution in [0.4, 0.5) is 0 Å². The van der Waals surface area contributed by atoms with Gasteiger partial charge in [-0.15, -0.1) is 0 Å². The summed E-state index contributed by atoms with van der Waals surface area (Å²) in [5.74, 6) is 2.18. The van der Waals surface area contributed by atoms with Crippen molar-refractivity contribution in [2.24, 2.45) is 0 Å². The number of hydrogen-bond donors (Lipinski definition) is 0. The SMILES string of the molecule is CCOc1ccc(C(=O)OCc2cc(-c3ccc4c(c3)OCO4)on2)cc1. The van der Waals surface area contributed by atoms with Crippen LogP contribution < -0.4 is 14.2 Å². The Morgan fingerprint density at radius 3 is 2.70 bits per heavy atom. The minimum atomic E-state index is -0.439. The molecule has 1 aliphatic rings. The zero-order valence-electron chi connectivity index (χ0n) is 14.6. The number of ether oxygens (including phenoxy) is 4. The molecule has 27 heavy (non-hydrogen) atoms. The number of carbonyl (C=O) groups is 1. The van der Waals surface area contributed by atoms with Crippen LogP contribution in [0.3, 0.4) is 0 Å². The highest BCUT2D eigenvalue weighted by Gasteiger charge is 2.16. The summed E-state index contributed by atoms with van der Waals surface area (Å²) in [4.78, 5) is 12.1. The van der Waals surface area contributed by atoms with Crippen LogP contribution in [0.15, 0.2) is 53.1 Å². The number of aromatic nitrogens is 1. The van der Waals surface area contributed by atoms with Gasteiger partial charge in [0.1, 0.15) is 18.1 Å². The Morgan fingerprint density at radius 1 is 1.07 bits per heavy atom. The fraction of sp³-hybridized carbons (Fsp3) is 0.200. The summed E-state index contributed by atoms with van der Waals surface area (Å²) in [6.45, 7) is 2.70. The lowest BCUT2D eigenvalue weighted by atomic mass is 10.1. The molecular formula is C20H17NO6. The molecule has 0 radical (unpaired) electrons. The van der Waals surface area contributed by atoms with E-state index in [0.717, 1.165) is 5.56 Å². The maximum Gasteiger partial charge on any atom is 0.338 e. The molecule has 1 aromatic heterocycles. The molecule has 4 rings (SSSR count). The number of fused-ring (bicyclic) bond motifs is 1. The lowest BCUT2D eigenvalue weighted by Crippen LogP contribution is -2.05. The maximum atomic E-state index is 12.1. The van der Waals surface area contributed by atoms with Gasteiger partial charge in [0, 0.05) is 11.6 Å². The molecular weight excluding hydrogens is 350 g/mol. The van der Waals surface area contributed by atoms with E-state index in [9.17, 15) is 4.79 Å². The summed E-state index contributed by atoms with van der Waals surface area (Å²) >= 11 is 0. The van der Waals surface area contributed by atoms with Gasteiger partial charge in [-0.1, -0.05) is 5.16 Å². The molecule has 0 atom stereocenters. The second-order valence-electron chi connectivity index (χ2n) is 5.78. The first-order valence-electron chi connectivity index (χ1n) is 8.48. The van der Waals surface area contributed by atoms with Crippen LogP contribution >= 0.6 is 0 Å². The van der Waals surface area contributed by atoms with E-state index < -0.39 is 5.97 Å². The molecule has 3 aromatic rings. The number of nitrogens with zero attached hydrogens (tertiary/aromatic N) is 1. The van der Waals surface area contributed by atoms with E-state index in [0.29, 0.717) is 40.9 Å². The van der Waals surface area contributed by atoms with Gasteiger partial charge in [-0.2, -0.15) is 0 Å². The first-order chi connectivity index (χ1) is 13.2. The second-order valence-corrected chi connectivity index (χ2v) is 5.78. The van der Waals surface area contributed by atoms with Crippen LogP contribution in [-0.2, 0) is 11.3 Å². The summed E-state index contributed by atoms with van der Waals surface area (Å²) in [6.07, 6.45) is 0. The number of rotatable bonds is 6. The molecule has 0 spiro atoms. The summed E-state index contributed by atoms with van der Waals surface area (Å²) in [7, 11) is 0. The van der Waals surface area contributed by atoms with Crippen molar-refractivity contribution in [1.29, 1.82) is 0 Å². The first-order valence-corrected chi connectivity index (χ1v) is 8.48. The van der Waals surface area contributed by atoms with Crippen molar-refractivity contribution in [3.63, 3.8) is 0 Å². The molecule has 138 valence electrons. The average Bonchev–Trinajstić information content (AvgIpc) is 3.35. The highest BCUT2D eigenvalue weighted by atomic mass is 16.7. The Kier molecular flexibility index (Phi) is 4.65. The number of carbonyl (C=O) groups excluding carboxylic acids is 1. The zero-order valence-corrected chi connectivity index (χ0v) is 14.6. The predicted molar refractivity (Wildman–Crippen MR) is 94.8 cm³/mol. The zero-order chi connectivity index (χ0) is 18.6. The van der Waals surface area contributed by atoms with E-state index in [4.69, 9.17) is 23.5 Å². The molecule has 2 aromatic carbocycles. The highest BCUT2D eigenvalue weighted by Crippen LogP contribution is 2.36. The van der Waals surface area contributed by atoms with Gasteiger partial charge in [0.05, 0.1) is 12.2 Å². The highest BCUT2D eigenvalue weighted by molar-refractivity contribution is 5.89. The Balaban J connectivity index is 1.38. The molecule has 1 aliphatic heterocycles. The summed E-state index contributed by atoms with van der Waals surface area (Å²) < 4.78 is 26.6. The van der Waals surface area contributed by atoms with E-state index in [-0.39, 0.29) is 13.4 Å². The van der Waals surface area contributed by atoms with Crippen molar-refractivity contribution >= 4 is 5.97 Å². The minimum absolute atomic E-state index is 0.0140. The molecule has 0 fully saturated rings. The lowest BCUT2D eigenvalue weighted by molar-refractivity contribution is 0.0464. The molecule has 0 amide bonds. The van der Waals surface area contributed by atoms with Gasteiger partial charge in [0.25, 0.3) is 0 Å². The normalized spacial score (nSPS) is 12.0. The largest absolute Gasteiger partial charge is 0.494 e. The van der Waals surface area contributed by atoms with Gasteiger partial charge >= 0.3 is 5.97 Å². The standard InChI is InChI=1S/C20H17NO6/c1-2-23-16-6-3-13(4-7-16)20(22)24-11-15-10-18(27-21-15)14-5-8-17-19(9-14)26-12-25-17/h3-10H,2,11-12H2,1H3. The Morgan fingerprint density at radius 2 is 1.89 bits per heavy atom. The van der Waals surface area contributed by atoms with Gasteiger partial charge in [-0.05, 0) is 49.4 Å². The van der Waals surface area contributed by atoms with Crippen molar-refractivity contribution in [3.05, 3.63) is 59.8 Å². The first kappa shape index (κ1) is 17.0. The predicted octanol–water partition coefficient (Wildman–Crippen LogP) is 3.83. The summed E-state index contributed by atoms with van der Waals surface area (Å²) in [5, 5.41) is 3.95. The molecule has 0 unspecified atom stereocenters. The Labute approximate surface area is 155 Å². The van der Waals surface area contributed by atoms with Crippen molar-refractivity contribution in [2.45, 2.75) is 13.5 Å². The quantitative estimate of drug-likeness (QED) is 0.613. The van der Waals surface area contributed by atoms with Crippen LogP contribution in [0.5, 0.6) is 17.2 Å². The molecule has 7 nitrogen and oxygen atoms in total. The third-order valence-corrected chi connectivity index (χ3v) is 3.97. The van der Waals surface area contributed by atoms with Crippen molar-refractivity contribution in [3.8, 4) is 28.6 Å². The molecule has 7 heteroatoms. The molecule has 0 bridgehead atoms. The van der Waals surface area contributed by atoms with Crippen LogP contribution in [0.2, 0.25) is 0 Å². The van der Waals surface area contributed by atoms with Gasteiger partial charge < -0.3 is 23.5 Å². The fourth-order valence-corrected chi connectivity index (χ4v) is 2.64. The van der Waals surface area contributed by atoms with E-state index in [2.05, 4.69) is 5.16 Å². The van der Waals surface area contributed by atoms with Gasteiger partial charge in [-0.3, -0.25) is 0 Å². The fourth-order valence-electron chi connectivity index (χ4n) is 2.64. The van der Waals surface area contributed by atoms with Crippen LogP contribution in [0.1, 0.15) is 23.0 Å².